The smallest absolute Gasteiger partial charge is 0.349 e. The molecule has 3 aromatic heterocycles. The third-order valence-corrected chi connectivity index (χ3v) is 5.37. The second-order valence-corrected chi connectivity index (χ2v) is 9.80. The predicted molar refractivity (Wildman–Crippen MR) is 132 cm³/mol. The summed E-state index contributed by atoms with van der Waals surface area (Å²) in [6.45, 7) is 5.95. The fourth-order valence-corrected chi connectivity index (χ4v) is 3.48. The largest absolute Gasteiger partial charge is 0.418 e. The topological polar surface area (TPSA) is 92.7 Å². The minimum atomic E-state index is -4.70. The zero-order chi connectivity index (χ0) is 28.6. The molecule has 0 aliphatic heterocycles. The van der Waals surface area contributed by atoms with Gasteiger partial charge in [-0.05, 0) is 53.9 Å². The number of pyridine rings is 2. The fourth-order valence-electron chi connectivity index (χ4n) is 3.48. The first-order chi connectivity index (χ1) is 18.1. The number of carbonyl (C=O) groups excluding carboxylic acids is 1. The van der Waals surface area contributed by atoms with Gasteiger partial charge in [0.15, 0.2) is 5.65 Å². The Labute approximate surface area is 218 Å². The molecular weight excluding hydrogens is 526 g/mol. The number of alkyl halides is 6. The van der Waals surface area contributed by atoms with Crippen molar-refractivity contribution in [3.63, 3.8) is 0 Å². The van der Waals surface area contributed by atoms with Crippen LogP contribution in [-0.2, 0) is 12.4 Å². The molecule has 0 saturated carbocycles. The molecule has 1 aromatic carbocycles. The number of aromatic nitrogens is 4. The molecule has 4 aromatic rings. The number of halogens is 6. The average Bonchev–Trinajstić information content (AvgIpc) is 2.85. The zero-order valence-corrected chi connectivity index (χ0v) is 20.9. The first kappa shape index (κ1) is 27.7. The SMILES string of the molecule is CC(C)(C)CNC(=O)c1nc(Nc2ccc(C(F)(F)F)cc2)c2ccc(-c3ncccc3C(F)(F)F)nc2n1. The van der Waals surface area contributed by atoms with Gasteiger partial charge in [-0.3, -0.25) is 9.78 Å². The van der Waals surface area contributed by atoms with Crippen LogP contribution in [0.15, 0.2) is 54.7 Å². The van der Waals surface area contributed by atoms with E-state index in [9.17, 15) is 31.1 Å². The Bertz CT molecular complexity index is 1510. The number of rotatable bonds is 5. The van der Waals surface area contributed by atoms with Gasteiger partial charge >= 0.3 is 12.4 Å². The fraction of sp³-hybridized carbons (Fsp3) is 0.269. The Morgan fingerprint density at radius 2 is 1.54 bits per heavy atom. The molecule has 4 rings (SSSR count). The van der Waals surface area contributed by atoms with E-state index in [0.717, 1.165) is 24.3 Å². The molecule has 3 heterocycles. The van der Waals surface area contributed by atoms with Gasteiger partial charge in [-0.2, -0.15) is 26.3 Å². The van der Waals surface area contributed by atoms with Crippen molar-refractivity contribution in [2.75, 3.05) is 11.9 Å². The number of benzene rings is 1. The molecule has 0 fully saturated rings. The Balaban J connectivity index is 1.81. The van der Waals surface area contributed by atoms with Crippen molar-refractivity contribution < 1.29 is 31.1 Å². The molecule has 204 valence electrons. The van der Waals surface area contributed by atoms with E-state index < -0.39 is 35.1 Å². The summed E-state index contributed by atoms with van der Waals surface area (Å²) < 4.78 is 79.6. The number of hydrogen-bond acceptors (Lipinski definition) is 6. The molecule has 13 heteroatoms. The van der Waals surface area contributed by atoms with E-state index >= 15 is 0 Å². The predicted octanol–water partition coefficient (Wildman–Crippen LogP) is 6.64. The van der Waals surface area contributed by atoms with Crippen molar-refractivity contribution in [2.24, 2.45) is 5.41 Å². The Hall–Kier alpha value is -4.29. The molecule has 1 amide bonds. The monoisotopic (exact) mass is 548 g/mol. The van der Waals surface area contributed by atoms with Gasteiger partial charge in [0.1, 0.15) is 11.5 Å². The summed E-state index contributed by atoms with van der Waals surface area (Å²) in [7, 11) is 0. The summed E-state index contributed by atoms with van der Waals surface area (Å²) in [5.41, 5.74) is -2.60. The maximum Gasteiger partial charge on any atom is 0.418 e. The van der Waals surface area contributed by atoms with Gasteiger partial charge in [0, 0.05) is 18.4 Å². The van der Waals surface area contributed by atoms with Crippen molar-refractivity contribution >= 4 is 28.4 Å². The highest BCUT2D eigenvalue weighted by atomic mass is 19.4. The summed E-state index contributed by atoms with van der Waals surface area (Å²) >= 11 is 0. The lowest BCUT2D eigenvalue weighted by Gasteiger charge is -2.18. The normalized spacial score (nSPS) is 12.4. The van der Waals surface area contributed by atoms with Crippen molar-refractivity contribution in [1.82, 2.24) is 25.3 Å². The van der Waals surface area contributed by atoms with E-state index in [4.69, 9.17) is 0 Å². The molecule has 0 unspecified atom stereocenters. The molecule has 7 nitrogen and oxygen atoms in total. The number of nitrogens with one attached hydrogen (secondary N) is 2. The summed E-state index contributed by atoms with van der Waals surface area (Å²) in [4.78, 5) is 29.3. The molecule has 0 radical (unpaired) electrons. The molecule has 39 heavy (non-hydrogen) atoms. The van der Waals surface area contributed by atoms with Crippen LogP contribution in [0.5, 0.6) is 0 Å². The van der Waals surface area contributed by atoms with E-state index in [1.165, 1.54) is 30.5 Å². The van der Waals surface area contributed by atoms with E-state index in [2.05, 4.69) is 30.6 Å². The number of nitrogens with zero attached hydrogens (tertiary/aromatic N) is 4. The van der Waals surface area contributed by atoms with Gasteiger partial charge in [0.05, 0.1) is 22.2 Å². The molecule has 0 aliphatic carbocycles. The van der Waals surface area contributed by atoms with Gasteiger partial charge in [-0.15, -0.1) is 0 Å². The van der Waals surface area contributed by atoms with Crippen molar-refractivity contribution in [1.29, 1.82) is 0 Å². The standard InChI is InChI=1S/C26H22F6N6O/c1-24(2,3)13-34-23(39)22-37-20(35-15-8-6-14(7-9-15)25(27,28)29)16-10-11-18(36-21(16)38-22)19-17(26(30,31)32)5-4-12-33-19/h4-12H,13H2,1-3H3,(H,34,39)(H,35,36,37,38). The third-order valence-electron chi connectivity index (χ3n) is 5.37. The number of amides is 1. The van der Waals surface area contributed by atoms with Gasteiger partial charge in [0.2, 0.25) is 5.82 Å². The lowest BCUT2D eigenvalue weighted by molar-refractivity contribution is -0.138. The van der Waals surface area contributed by atoms with Crippen LogP contribution in [0.4, 0.5) is 37.8 Å². The molecule has 0 aliphatic rings. The van der Waals surface area contributed by atoms with E-state index in [0.29, 0.717) is 0 Å². The van der Waals surface area contributed by atoms with Gasteiger partial charge < -0.3 is 10.6 Å². The highest BCUT2D eigenvalue weighted by Crippen LogP contribution is 2.36. The average molecular weight is 548 g/mol. The molecule has 0 atom stereocenters. The van der Waals surface area contributed by atoms with E-state index in [-0.39, 0.29) is 46.0 Å². The van der Waals surface area contributed by atoms with Crippen LogP contribution in [0, 0.1) is 5.41 Å². The molecule has 0 saturated heterocycles. The number of hydrogen-bond donors (Lipinski definition) is 2. The Kier molecular flexibility index (Phi) is 7.19. The summed E-state index contributed by atoms with van der Waals surface area (Å²) in [6.07, 6.45) is -8.03. The minimum Gasteiger partial charge on any atom is -0.349 e. The minimum absolute atomic E-state index is 0.0248. The second kappa shape index (κ2) is 10.1. The maximum absolute atomic E-state index is 13.6. The van der Waals surface area contributed by atoms with Crippen LogP contribution in [0.2, 0.25) is 0 Å². The van der Waals surface area contributed by atoms with Crippen LogP contribution in [0.1, 0.15) is 42.5 Å². The van der Waals surface area contributed by atoms with E-state index in [1.807, 2.05) is 20.8 Å². The first-order valence-corrected chi connectivity index (χ1v) is 11.6. The summed E-state index contributed by atoms with van der Waals surface area (Å²) in [5, 5.41) is 5.76. The number of carbonyl (C=O) groups is 1. The maximum atomic E-state index is 13.6. The molecular formula is C26H22F6N6O. The third kappa shape index (κ3) is 6.59. The number of fused-ring (bicyclic) bond motifs is 1. The highest BCUT2D eigenvalue weighted by Gasteiger charge is 2.35. The van der Waals surface area contributed by atoms with Crippen molar-refractivity contribution in [3.05, 3.63) is 71.7 Å². The van der Waals surface area contributed by atoms with Crippen LogP contribution >= 0.6 is 0 Å². The number of anilines is 2. The lowest BCUT2D eigenvalue weighted by Crippen LogP contribution is -2.33. The first-order valence-electron chi connectivity index (χ1n) is 11.6. The lowest BCUT2D eigenvalue weighted by atomic mass is 9.97. The zero-order valence-electron chi connectivity index (χ0n) is 20.9. The van der Waals surface area contributed by atoms with Crippen molar-refractivity contribution in [3.8, 4) is 11.4 Å². The molecule has 2 N–H and O–H groups in total. The summed E-state index contributed by atoms with van der Waals surface area (Å²) in [5.74, 6) is -0.969. The van der Waals surface area contributed by atoms with Crippen LogP contribution in [0.25, 0.3) is 22.4 Å². The quantitative estimate of drug-likeness (QED) is 0.272. The second-order valence-electron chi connectivity index (χ2n) is 9.80. The summed E-state index contributed by atoms with van der Waals surface area (Å²) in [6, 6.07) is 8.83. The van der Waals surface area contributed by atoms with Gasteiger partial charge in [-0.1, -0.05) is 20.8 Å². The van der Waals surface area contributed by atoms with Gasteiger partial charge in [-0.25, -0.2) is 15.0 Å². The van der Waals surface area contributed by atoms with Crippen LogP contribution in [-0.4, -0.2) is 32.4 Å². The van der Waals surface area contributed by atoms with Crippen molar-refractivity contribution in [2.45, 2.75) is 33.1 Å². The van der Waals surface area contributed by atoms with Crippen LogP contribution < -0.4 is 10.6 Å². The van der Waals surface area contributed by atoms with E-state index in [1.54, 1.807) is 0 Å². The van der Waals surface area contributed by atoms with Crippen LogP contribution in [0.3, 0.4) is 0 Å². The van der Waals surface area contributed by atoms with Gasteiger partial charge in [0.25, 0.3) is 5.91 Å². The Morgan fingerprint density at radius 3 is 2.15 bits per heavy atom. The molecule has 0 spiro atoms. The molecule has 0 bridgehead atoms. The Morgan fingerprint density at radius 1 is 0.846 bits per heavy atom. The highest BCUT2D eigenvalue weighted by molar-refractivity contribution is 5.96.